The van der Waals surface area contributed by atoms with Crippen molar-refractivity contribution in [3.05, 3.63) is 65.7 Å². The van der Waals surface area contributed by atoms with Crippen LogP contribution in [0.3, 0.4) is 0 Å². The van der Waals surface area contributed by atoms with Gasteiger partial charge in [-0.05, 0) is 47.4 Å². The molecule has 15 heteroatoms. The van der Waals surface area contributed by atoms with E-state index in [2.05, 4.69) is 45.9 Å². The molecule has 0 heterocycles. The van der Waals surface area contributed by atoms with Gasteiger partial charge in [-0.2, -0.15) is 0 Å². The Balaban J connectivity index is 2.38. The molecule has 54 heavy (non-hydrogen) atoms. The molecule has 2 aromatic carbocycles. The summed E-state index contributed by atoms with van der Waals surface area (Å²) >= 11 is 0. The average Bonchev–Trinajstić information content (AvgIpc) is 3.12. The van der Waals surface area contributed by atoms with Crippen molar-refractivity contribution in [1.82, 2.24) is 37.0 Å². The van der Waals surface area contributed by atoms with E-state index in [0.717, 1.165) is 11.1 Å². The van der Waals surface area contributed by atoms with E-state index in [4.69, 9.17) is 14.2 Å². The van der Waals surface area contributed by atoms with Gasteiger partial charge < -0.3 is 45.9 Å². The molecular weight excluding hydrogens is 694 g/mol. The summed E-state index contributed by atoms with van der Waals surface area (Å²) in [5, 5.41) is 27.2. The maximum atomic E-state index is 13.8. The highest BCUT2D eigenvalue weighted by Crippen LogP contribution is 2.16. The molecule has 6 amide bonds. The van der Waals surface area contributed by atoms with Crippen LogP contribution in [0.25, 0.3) is 0 Å². The Labute approximate surface area is 320 Å². The van der Waals surface area contributed by atoms with Crippen LogP contribution in [0, 0.1) is 17.8 Å². The third kappa shape index (κ3) is 17.6. The zero-order valence-electron chi connectivity index (χ0n) is 33.1. The molecule has 0 saturated heterocycles. The number of urea groups is 2. The molecule has 0 radical (unpaired) electrons. The molecular formula is C39H63N7O8. The lowest BCUT2D eigenvalue weighted by atomic mass is 9.98. The van der Waals surface area contributed by atoms with Crippen molar-refractivity contribution < 1.29 is 38.5 Å². The van der Waals surface area contributed by atoms with E-state index in [1.807, 2.05) is 82.3 Å². The third-order valence-corrected chi connectivity index (χ3v) is 8.30. The summed E-state index contributed by atoms with van der Waals surface area (Å²) in [5.74, 6) is -0.442. The van der Waals surface area contributed by atoms with Crippen molar-refractivity contribution in [3.63, 3.8) is 0 Å². The second kappa shape index (κ2) is 24.8. The second-order valence-electron chi connectivity index (χ2n) is 14.3. The molecule has 15 nitrogen and oxygen atoms in total. The van der Waals surface area contributed by atoms with Gasteiger partial charge >= 0.3 is 12.1 Å². The minimum absolute atomic E-state index is 0.1000. The minimum atomic E-state index is -1.20. The van der Waals surface area contributed by atoms with Crippen molar-refractivity contribution in [2.24, 2.45) is 17.8 Å². The Morgan fingerprint density at radius 2 is 1.24 bits per heavy atom. The number of carbonyl (C=O) groups excluding carboxylic acids is 4. The van der Waals surface area contributed by atoms with Crippen LogP contribution < -0.4 is 36.7 Å². The van der Waals surface area contributed by atoms with E-state index in [9.17, 15) is 24.3 Å². The van der Waals surface area contributed by atoms with Crippen molar-refractivity contribution in [1.29, 1.82) is 0 Å². The van der Waals surface area contributed by atoms with Gasteiger partial charge in [-0.25, -0.2) is 14.6 Å². The number of aliphatic hydroxyl groups is 1. The summed E-state index contributed by atoms with van der Waals surface area (Å²) in [6.07, 6.45) is -0.936. The van der Waals surface area contributed by atoms with E-state index >= 15 is 0 Å². The molecule has 0 spiro atoms. The van der Waals surface area contributed by atoms with Crippen molar-refractivity contribution in [2.45, 2.75) is 78.7 Å². The minimum Gasteiger partial charge on any atom is -0.493 e. The van der Waals surface area contributed by atoms with Gasteiger partial charge in [0.1, 0.15) is 17.8 Å². The molecule has 2 rings (SSSR count). The number of nitrogens with one attached hydrogen (secondary N) is 6. The topological polar surface area (TPSA) is 192 Å². The van der Waals surface area contributed by atoms with Crippen LogP contribution >= 0.6 is 0 Å². The molecule has 0 fully saturated rings. The van der Waals surface area contributed by atoms with E-state index in [-0.39, 0.29) is 44.4 Å². The first-order valence-electron chi connectivity index (χ1n) is 18.6. The van der Waals surface area contributed by atoms with Gasteiger partial charge in [0.15, 0.2) is 0 Å². The van der Waals surface area contributed by atoms with Crippen molar-refractivity contribution in [3.8, 4) is 5.75 Å². The number of ether oxygens (including phenoxy) is 3. The van der Waals surface area contributed by atoms with Crippen LogP contribution in [0.2, 0.25) is 0 Å². The zero-order chi connectivity index (χ0) is 40.0. The van der Waals surface area contributed by atoms with Gasteiger partial charge in [0.05, 0.1) is 32.0 Å². The number of methoxy groups -OCH3 is 2. The number of aliphatic hydroxyl groups excluding tert-OH is 1. The quantitative estimate of drug-likeness (QED) is 0.0624. The van der Waals surface area contributed by atoms with Gasteiger partial charge in [0.25, 0.3) is 5.91 Å². The van der Waals surface area contributed by atoms with E-state index in [1.54, 1.807) is 5.01 Å². The standard InChI is InChI=1S/C39H63N7O8/c1-26(2)25-54-31-16-14-30(15-17-31)23-46(45-37(49)35(28(5)6)44-39(51)41-19-21-53-8)24-33(47)32(22-29-12-10-9-11-13-29)42-36(48)34(27(3)4)43-38(50)40-18-20-52-7/h9-17,26-28,32-35,47H,18-25H2,1-8H3,(H,42,48)(H,45,49)(H2,40,43,50)(H2,41,44,51)/t32?,33?,34-,35-/m0/s1. The molecule has 0 aromatic heterocycles. The van der Waals surface area contributed by atoms with E-state index in [0.29, 0.717) is 31.5 Å². The fraction of sp³-hybridized carbons (Fsp3) is 0.590. The normalized spacial score (nSPS) is 13.6. The van der Waals surface area contributed by atoms with Crippen LogP contribution in [0.1, 0.15) is 52.7 Å². The number of benzene rings is 2. The molecule has 0 aliphatic heterocycles. The lowest BCUT2D eigenvalue weighted by molar-refractivity contribution is -0.131. The molecule has 4 atom stereocenters. The van der Waals surface area contributed by atoms with Crippen LogP contribution in [0.4, 0.5) is 9.59 Å². The summed E-state index contributed by atoms with van der Waals surface area (Å²) in [5.41, 5.74) is 4.60. The molecule has 0 aliphatic carbocycles. The second-order valence-corrected chi connectivity index (χ2v) is 14.3. The summed E-state index contributed by atoms with van der Waals surface area (Å²) in [7, 11) is 3.05. The number of amides is 6. The maximum Gasteiger partial charge on any atom is 0.315 e. The van der Waals surface area contributed by atoms with Crippen LogP contribution in [0.5, 0.6) is 5.75 Å². The Hall–Kier alpha value is -4.44. The van der Waals surface area contributed by atoms with Gasteiger partial charge in [-0.3, -0.25) is 15.0 Å². The predicted molar refractivity (Wildman–Crippen MR) is 207 cm³/mol. The highest BCUT2D eigenvalue weighted by atomic mass is 16.5. The summed E-state index contributed by atoms with van der Waals surface area (Å²) < 4.78 is 15.8. The summed E-state index contributed by atoms with van der Waals surface area (Å²) in [6, 6.07) is 13.2. The Morgan fingerprint density at radius 1 is 0.704 bits per heavy atom. The molecule has 2 unspecified atom stereocenters. The van der Waals surface area contributed by atoms with Crippen molar-refractivity contribution in [2.75, 3.05) is 53.7 Å². The van der Waals surface area contributed by atoms with Crippen LogP contribution in [-0.4, -0.2) is 112 Å². The van der Waals surface area contributed by atoms with Crippen molar-refractivity contribution >= 4 is 23.9 Å². The highest BCUT2D eigenvalue weighted by molar-refractivity contribution is 5.88. The molecule has 0 bridgehead atoms. The predicted octanol–water partition coefficient (Wildman–Crippen LogP) is 2.58. The summed E-state index contributed by atoms with van der Waals surface area (Å²) in [6.45, 7) is 13.2. The van der Waals surface area contributed by atoms with E-state index in [1.165, 1.54) is 14.2 Å². The Morgan fingerprint density at radius 3 is 1.74 bits per heavy atom. The van der Waals surface area contributed by atoms with Gasteiger partial charge in [0.2, 0.25) is 5.91 Å². The van der Waals surface area contributed by atoms with Gasteiger partial charge in [0, 0.05) is 40.4 Å². The first-order valence-corrected chi connectivity index (χ1v) is 18.6. The number of hydrazine groups is 1. The van der Waals surface area contributed by atoms with Crippen LogP contribution in [0.15, 0.2) is 54.6 Å². The lowest BCUT2D eigenvalue weighted by Crippen LogP contribution is -2.60. The number of hydrogen-bond acceptors (Lipinski definition) is 9. The largest absolute Gasteiger partial charge is 0.493 e. The first kappa shape index (κ1) is 45.7. The zero-order valence-corrected chi connectivity index (χ0v) is 33.1. The number of carbonyl (C=O) groups is 4. The van der Waals surface area contributed by atoms with E-state index < -0.39 is 48.1 Å². The summed E-state index contributed by atoms with van der Waals surface area (Å²) in [4.78, 5) is 52.8. The fourth-order valence-corrected chi connectivity index (χ4v) is 5.31. The molecule has 7 N–H and O–H groups in total. The Bertz CT molecular complexity index is 1400. The third-order valence-electron chi connectivity index (χ3n) is 8.30. The highest BCUT2D eigenvalue weighted by Gasteiger charge is 2.32. The number of hydrogen-bond donors (Lipinski definition) is 7. The van der Waals surface area contributed by atoms with Crippen LogP contribution in [-0.2, 0) is 32.0 Å². The molecule has 0 aliphatic rings. The molecule has 2 aromatic rings. The lowest BCUT2D eigenvalue weighted by Gasteiger charge is -2.33. The molecule has 0 saturated carbocycles. The maximum absolute atomic E-state index is 13.8. The van der Waals surface area contributed by atoms with Gasteiger partial charge in [-0.1, -0.05) is 84.0 Å². The SMILES string of the molecule is COCCNC(=O)N[C@H](C(=O)NC(Cc1ccccc1)C(O)CN(Cc1ccc(OCC(C)C)cc1)NC(=O)[C@@H](NC(=O)NCCOC)C(C)C)C(C)C. The fourth-order valence-electron chi connectivity index (χ4n) is 5.31. The number of nitrogens with zero attached hydrogens (tertiary/aromatic N) is 1. The molecule has 302 valence electrons. The average molecular weight is 758 g/mol. The Kier molecular flexibility index (Phi) is 21.0. The number of rotatable bonds is 24. The van der Waals surface area contributed by atoms with Gasteiger partial charge in [-0.15, -0.1) is 0 Å². The smallest absolute Gasteiger partial charge is 0.315 e. The monoisotopic (exact) mass is 757 g/mol. The first-order chi connectivity index (χ1) is 25.7.